The SMILES string of the molecule is NC(=O)c1nc(N)c(C(=O)O)[nH]1. The summed E-state index contributed by atoms with van der Waals surface area (Å²) in [6, 6.07) is 0. The summed E-state index contributed by atoms with van der Waals surface area (Å²) in [5.74, 6) is -2.65. The molecule has 0 bridgehead atoms. The van der Waals surface area contributed by atoms with Crippen molar-refractivity contribution in [2.45, 2.75) is 0 Å². The maximum Gasteiger partial charge on any atom is 0.356 e. The number of carbonyl (C=O) groups excluding carboxylic acids is 1. The zero-order valence-corrected chi connectivity index (χ0v) is 5.87. The average Bonchev–Trinajstić information content (AvgIpc) is 2.30. The van der Waals surface area contributed by atoms with E-state index in [0.29, 0.717) is 0 Å². The van der Waals surface area contributed by atoms with E-state index in [1.165, 1.54) is 0 Å². The van der Waals surface area contributed by atoms with Gasteiger partial charge in [0.2, 0.25) is 0 Å². The standard InChI is InChI=1S/C5H6N4O3/c6-2-1(5(11)12)8-4(9-2)3(7)10/h6H2,(H2,7,10)(H,8,9)(H,11,12). The third-order valence-electron chi connectivity index (χ3n) is 1.18. The van der Waals surface area contributed by atoms with Gasteiger partial charge in [-0.2, -0.15) is 0 Å². The molecule has 0 atom stereocenters. The Bertz CT molecular complexity index is 342. The maximum atomic E-state index is 10.5. The number of hydrogen-bond donors (Lipinski definition) is 4. The van der Waals surface area contributed by atoms with Crippen LogP contribution in [0.4, 0.5) is 5.82 Å². The number of nitrogen functional groups attached to an aromatic ring is 1. The number of rotatable bonds is 2. The van der Waals surface area contributed by atoms with E-state index in [4.69, 9.17) is 16.6 Å². The highest BCUT2D eigenvalue weighted by atomic mass is 16.4. The fraction of sp³-hybridized carbons (Fsp3) is 0. The van der Waals surface area contributed by atoms with E-state index >= 15 is 0 Å². The molecule has 0 saturated heterocycles. The third-order valence-corrected chi connectivity index (χ3v) is 1.18. The molecule has 0 aliphatic carbocycles. The summed E-state index contributed by atoms with van der Waals surface area (Å²) in [5.41, 5.74) is 9.63. The molecule has 0 aliphatic rings. The van der Waals surface area contributed by atoms with Crippen molar-refractivity contribution in [3.63, 3.8) is 0 Å². The molecule has 64 valence electrons. The van der Waals surface area contributed by atoms with Gasteiger partial charge in [0, 0.05) is 0 Å². The molecule has 0 unspecified atom stereocenters. The molecule has 7 nitrogen and oxygen atoms in total. The van der Waals surface area contributed by atoms with Crippen LogP contribution in [0.2, 0.25) is 0 Å². The van der Waals surface area contributed by atoms with Crippen LogP contribution in [0.3, 0.4) is 0 Å². The molecular formula is C5H6N4O3. The summed E-state index contributed by atoms with van der Waals surface area (Å²) in [5, 5.41) is 8.46. The number of nitrogens with zero attached hydrogens (tertiary/aromatic N) is 1. The summed E-state index contributed by atoms with van der Waals surface area (Å²) in [7, 11) is 0. The van der Waals surface area contributed by atoms with Crippen LogP contribution in [0.15, 0.2) is 0 Å². The van der Waals surface area contributed by atoms with Crippen LogP contribution in [0.5, 0.6) is 0 Å². The fourth-order valence-corrected chi connectivity index (χ4v) is 0.666. The molecule has 0 fully saturated rings. The van der Waals surface area contributed by atoms with Crippen molar-refractivity contribution >= 4 is 17.7 Å². The Labute approximate surface area is 66.4 Å². The Kier molecular flexibility index (Phi) is 1.70. The van der Waals surface area contributed by atoms with Crippen molar-refractivity contribution in [2.24, 2.45) is 5.73 Å². The number of aromatic amines is 1. The smallest absolute Gasteiger partial charge is 0.356 e. The Morgan fingerprint density at radius 1 is 1.50 bits per heavy atom. The van der Waals surface area contributed by atoms with E-state index < -0.39 is 11.9 Å². The van der Waals surface area contributed by atoms with E-state index in [1.54, 1.807) is 0 Å². The van der Waals surface area contributed by atoms with Crippen molar-refractivity contribution in [3.8, 4) is 0 Å². The highest BCUT2D eigenvalue weighted by Crippen LogP contribution is 2.06. The first-order valence-electron chi connectivity index (χ1n) is 2.91. The largest absolute Gasteiger partial charge is 0.476 e. The summed E-state index contributed by atoms with van der Waals surface area (Å²) >= 11 is 0. The molecule has 1 amide bonds. The van der Waals surface area contributed by atoms with E-state index in [9.17, 15) is 9.59 Å². The van der Waals surface area contributed by atoms with E-state index in [0.717, 1.165) is 0 Å². The second-order valence-electron chi connectivity index (χ2n) is 2.02. The summed E-state index contributed by atoms with van der Waals surface area (Å²) < 4.78 is 0. The summed E-state index contributed by atoms with van der Waals surface area (Å²) in [6.07, 6.45) is 0. The second-order valence-corrected chi connectivity index (χ2v) is 2.02. The number of carboxylic acid groups (broad SMARTS) is 1. The Morgan fingerprint density at radius 2 is 2.08 bits per heavy atom. The minimum absolute atomic E-state index is 0.253. The first-order chi connectivity index (χ1) is 5.52. The number of amides is 1. The quantitative estimate of drug-likeness (QED) is 0.441. The maximum absolute atomic E-state index is 10.5. The number of carbonyl (C=O) groups is 2. The Morgan fingerprint density at radius 3 is 2.33 bits per heavy atom. The molecule has 1 rings (SSSR count). The molecule has 0 radical (unpaired) electrons. The number of primary amides is 1. The van der Waals surface area contributed by atoms with Gasteiger partial charge >= 0.3 is 5.97 Å². The highest BCUT2D eigenvalue weighted by Gasteiger charge is 2.15. The number of carboxylic acids is 1. The van der Waals surface area contributed by atoms with Crippen LogP contribution >= 0.6 is 0 Å². The van der Waals surface area contributed by atoms with Crippen molar-refractivity contribution in [1.29, 1.82) is 0 Å². The summed E-state index contributed by atoms with van der Waals surface area (Å²) in [4.78, 5) is 26.4. The van der Waals surface area contributed by atoms with Crippen LogP contribution in [0.1, 0.15) is 21.1 Å². The number of H-pyrrole nitrogens is 1. The average molecular weight is 170 g/mol. The van der Waals surface area contributed by atoms with Gasteiger partial charge in [0.1, 0.15) is 0 Å². The Hall–Kier alpha value is -2.05. The molecule has 0 spiro atoms. The number of aromatic nitrogens is 2. The molecule has 0 aromatic carbocycles. The van der Waals surface area contributed by atoms with Gasteiger partial charge in [-0.05, 0) is 0 Å². The molecular weight excluding hydrogens is 164 g/mol. The van der Waals surface area contributed by atoms with Gasteiger partial charge in [-0.3, -0.25) is 4.79 Å². The zero-order valence-electron chi connectivity index (χ0n) is 5.87. The van der Waals surface area contributed by atoms with Crippen LogP contribution in [-0.2, 0) is 0 Å². The van der Waals surface area contributed by atoms with Crippen LogP contribution in [0.25, 0.3) is 0 Å². The predicted molar refractivity (Wildman–Crippen MR) is 38.5 cm³/mol. The lowest BCUT2D eigenvalue weighted by molar-refractivity contribution is 0.0692. The summed E-state index contributed by atoms with van der Waals surface area (Å²) in [6.45, 7) is 0. The number of anilines is 1. The molecule has 7 heteroatoms. The lowest BCUT2D eigenvalue weighted by Gasteiger charge is -1.86. The van der Waals surface area contributed by atoms with Gasteiger partial charge in [0.25, 0.3) is 5.91 Å². The van der Waals surface area contributed by atoms with Crippen LogP contribution in [0, 0.1) is 0 Å². The van der Waals surface area contributed by atoms with Crippen molar-refractivity contribution in [3.05, 3.63) is 11.5 Å². The molecule has 6 N–H and O–H groups in total. The van der Waals surface area contributed by atoms with Crippen molar-refractivity contribution < 1.29 is 14.7 Å². The first-order valence-corrected chi connectivity index (χ1v) is 2.91. The van der Waals surface area contributed by atoms with E-state index in [-0.39, 0.29) is 17.3 Å². The predicted octanol–water partition coefficient (Wildman–Crippen LogP) is -1.21. The van der Waals surface area contributed by atoms with Crippen molar-refractivity contribution in [1.82, 2.24) is 9.97 Å². The normalized spacial score (nSPS) is 9.67. The highest BCUT2D eigenvalue weighted by molar-refractivity contribution is 5.95. The number of hydrogen-bond acceptors (Lipinski definition) is 4. The molecule has 1 heterocycles. The minimum Gasteiger partial charge on any atom is -0.476 e. The zero-order chi connectivity index (χ0) is 9.30. The van der Waals surface area contributed by atoms with Gasteiger partial charge in [0.15, 0.2) is 17.3 Å². The molecule has 0 saturated carbocycles. The molecule has 1 aromatic rings. The molecule has 1 aromatic heterocycles. The van der Waals surface area contributed by atoms with Crippen LogP contribution < -0.4 is 11.5 Å². The number of imidazole rings is 1. The Balaban J connectivity index is 3.17. The monoisotopic (exact) mass is 170 g/mol. The van der Waals surface area contributed by atoms with Gasteiger partial charge in [-0.1, -0.05) is 0 Å². The van der Waals surface area contributed by atoms with E-state index in [1.807, 2.05) is 0 Å². The van der Waals surface area contributed by atoms with E-state index in [2.05, 4.69) is 9.97 Å². The van der Waals surface area contributed by atoms with Gasteiger partial charge in [-0.25, -0.2) is 9.78 Å². The minimum atomic E-state index is -1.28. The van der Waals surface area contributed by atoms with Crippen LogP contribution in [-0.4, -0.2) is 27.0 Å². The molecule has 12 heavy (non-hydrogen) atoms. The number of nitrogens with two attached hydrogens (primary N) is 2. The fourth-order valence-electron chi connectivity index (χ4n) is 0.666. The van der Waals surface area contributed by atoms with Gasteiger partial charge in [0.05, 0.1) is 0 Å². The van der Waals surface area contributed by atoms with Gasteiger partial charge < -0.3 is 21.6 Å². The van der Waals surface area contributed by atoms with Crippen molar-refractivity contribution in [2.75, 3.05) is 5.73 Å². The number of nitrogens with one attached hydrogen (secondary N) is 1. The molecule has 0 aliphatic heterocycles. The third kappa shape index (κ3) is 1.19. The topological polar surface area (TPSA) is 135 Å². The lowest BCUT2D eigenvalue weighted by Crippen LogP contribution is -2.13. The second kappa shape index (κ2) is 2.53. The van der Waals surface area contributed by atoms with Gasteiger partial charge in [-0.15, -0.1) is 0 Å². The number of aromatic carboxylic acids is 1. The first kappa shape index (κ1) is 8.05. The lowest BCUT2D eigenvalue weighted by atomic mass is 10.4.